The van der Waals surface area contributed by atoms with Crippen molar-refractivity contribution in [3.05, 3.63) is 70.4 Å². The van der Waals surface area contributed by atoms with E-state index < -0.39 is 0 Å². The zero-order valence-electron chi connectivity index (χ0n) is 15.0. The standard InChI is InChI=1S/C20H21N3O2S/c1-20(2,3)19-22-12-17(26-19)18(24)23-15-7-4-8-16(10-15)25-13-14-6-5-9-21-11-14/h4-12H,13H2,1-3H3,(H,23,24). The molecule has 5 nitrogen and oxygen atoms in total. The van der Waals surface area contributed by atoms with Gasteiger partial charge in [-0.05, 0) is 18.2 Å². The highest BCUT2D eigenvalue weighted by atomic mass is 32.1. The molecule has 1 amide bonds. The Kier molecular flexibility index (Phi) is 5.32. The van der Waals surface area contributed by atoms with E-state index in [9.17, 15) is 4.79 Å². The van der Waals surface area contributed by atoms with Gasteiger partial charge in [-0.2, -0.15) is 0 Å². The number of carbonyl (C=O) groups excluding carboxylic acids is 1. The van der Waals surface area contributed by atoms with E-state index in [1.54, 1.807) is 24.7 Å². The molecule has 0 unspecified atom stereocenters. The quantitative estimate of drug-likeness (QED) is 0.712. The van der Waals surface area contributed by atoms with Gasteiger partial charge in [0, 0.05) is 35.1 Å². The van der Waals surface area contributed by atoms with Gasteiger partial charge in [0.1, 0.15) is 17.2 Å². The summed E-state index contributed by atoms with van der Waals surface area (Å²) in [4.78, 5) is 21.5. The zero-order chi connectivity index (χ0) is 18.6. The fourth-order valence-electron chi connectivity index (χ4n) is 2.23. The number of ether oxygens (including phenoxy) is 1. The lowest BCUT2D eigenvalue weighted by molar-refractivity contribution is 0.103. The first-order valence-corrected chi connectivity index (χ1v) is 9.13. The summed E-state index contributed by atoms with van der Waals surface area (Å²) in [5.74, 6) is 0.522. The number of thiazole rings is 1. The number of benzene rings is 1. The number of anilines is 1. The smallest absolute Gasteiger partial charge is 0.267 e. The zero-order valence-corrected chi connectivity index (χ0v) is 15.8. The van der Waals surface area contributed by atoms with Crippen LogP contribution in [-0.4, -0.2) is 15.9 Å². The second-order valence-corrected chi connectivity index (χ2v) is 7.94. The highest BCUT2D eigenvalue weighted by Gasteiger charge is 2.20. The van der Waals surface area contributed by atoms with E-state index in [-0.39, 0.29) is 11.3 Å². The van der Waals surface area contributed by atoms with Crippen molar-refractivity contribution in [1.82, 2.24) is 9.97 Å². The van der Waals surface area contributed by atoms with Gasteiger partial charge in [0.25, 0.3) is 5.91 Å². The Morgan fingerprint density at radius 2 is 2.04 bits per heavy atom. The lowest BCUT2D eigenvalue weighted by Crippen LogP contribution is -2.11. The highest BCUT2D eigenvalue weighted by Crippen LogP contribution is 2.27. The Hall–Kier alpha value is -2.73. The molecular weight excluding hydrogens is 346 g/mol. The van der Waals surface area contributed by atoms with Crippen LogP contribution in [0.4, 0.5) is 5.69 Å². The Bertz CT molecular complexity index is 885. The number of amides is 1. The molecule has 26 heavy (non-hydrogen) atoms. The molecule has 0 aliphatic heterocycles. The SMILES string of the molecule is CC(C)(C)c1ncc(C(=O)Nc2cccc(OCc3cccnc3)c2)s1. The van der Waals surface area contributed by atoms with Gasteiger partial charge in [-0.15, -0.1) is 11.3 Å². The van der Waals surface area contributed by atoms with Crippen LogP contribution in [0.1, 0.15) is 41.0 Å². The molecule has 0 aliphatic carbocycles. The van der Waals surface area contributed by atoms with Crippen LogP contribution in [0.3, 0.4) is 0 Å². The topological polar surface area (TPSA) is 64.1 Å². The number of hydrogen-bond acceptors (Lipinski definition) is 5. The Morgan fingerprint density at radius 1 is 1.19 bits per heavy atom. The van der Waals surface area contributed by atoms with Gasteiger partial charge in [0.05, 0.1) is 11.2 Å². The van der Waals surface area contributed by atoms with Crippen molar-refractivity contribution >= 4 is 22.9 Å². The first kappa shape index (κ1) is 18.1. The van der Waals surface area contributed by atoms with Crippen LogP contribution < -0.4 is 10.1 Å². The van der Waals surface area contributed by atoms with Crippen molar-refractivity contribution in [2.75, 3.05) is 5.32 Å². The fraction of sp³-hybridized carbons (Fsp3) is 0.250. The van der Waals surface area contributed by atoms with E-state index >= 15 is 0 Å². The summed E-state index contributed by atoms with van der Waals surface area (Å²) >= 11 is 1.42. The van der Waals surface area contributed by atoms with Crippen LogP contribution >= 0.6 is 11.3 Å². The molecule has 0 saturated heterocycles. The van der Waals surface area contributed by atoms with E-state index in [1.165, 1.54) is 11.3 Å². The second-order valence-electron chi connectivity index (χ2n) is 6.91. The van der Waals surface area contributed by atoms with Gasteiger partial charge in [-0.25, -0.2) is 4.98 Å². The average molecular weight is 367 g/mol. The van der Waals surface area contributed by atoms with Gasteiger partial charge in [-0.3, -0.25) is 9.78 Å². The fourth-order valence-corrected chi connectivity index (χ4v) is 3.10. The Labute approximate surface area is 157 Å². The first-order chi connectivity index (χ1) is 12.4. The van der Waals surface area contributed by atoms with Crippen molar-refractivity contribution in [1.29, 1.82) is 0 Å². The Balaban J connectivity index is 1.64. The maximum atomic E-state index is 12.5. The van der Waals surface area contributed by atoms with Crippen molar-refractivity contribution in [3.8, 4) is 5.75 Å². The van der Waals surface area contributed by atoms with Gasteiger partial charge in [0.2, 0.25) is 0 Å². The summed E-state index contributed by atoms with van der Waals surface area (Å²) in [6.07, 6.45) is 5.12. The van der Waals surface area contributed by atoms with Gasteiger partial charge >= 0.3 is 0 Å². The lowest BCUT2D eigenvalue weighted by Gasteiger charge is -2.13. The molecule has 2 heterocycles. The molecule has 2 aromatic heterocycles. The normalized spacial score (nSPS) is 11.2. The van der Waals surface area contributed by atoms with Gasteiger partial charge < -0.3 is 10.1 Å². The second kappa shape index (κ2) is 7.66. The van der Waals surface area contributed by atoms with Gasteiger partial charge in [0.15, 0.2) is 0 Å². The van der Waals surface area contributed by atoms with Crippen LogP contribution in [-0.2, 0) is 12.0 Å². The van der Waals surface area contributed by atoms with Crippen LogP contribution in [0.2, 0.25) is 0 Å². The molecule has 0 atom stereocenters. The molecule has 134 valence electrons. The van der Waals surface area contributed by atoms with Crippen LogP contribution in [0.15, 0.2) is 55.0 Å². The number of nitrogens with one attached hydrogen (secondary N) is 1. The van der Waals surface area contributed by atoms with Crippen LogP contribution in [0.5, 0.6) is 5.75 Å². The summed E-state index contributed by atoms with van der Waals surface area (Å²) in [5, 5.41) is 3.84. The third-order valence-corrected chi connectivity index (χ3v) is 5.01. The number of aromatic nitrogens is 2. The molecule has 0 fully saturated rings. The lowest BCUT2D eigenvalue weighted by atomic mass is 9.98. The van der Waals surface area contributed by atoms with E-state index in [0.717, 1.165) is 10.6 Å². The van der Waals surface area contributed by atoms with E-state index in [4.69, 9.17) is 4.74 Å². The highest BCUT2D eigenvalue weighted by molar-refractivity contribution is 7.13. The molecule has 0 radical (unpaired) electrons. The molecule has 0 spiro atoms. The summed E-state index contributed by atoms with van der Waals surface area (Å²) in [6.45, 7) is 6.67. The first-order valence-electron chi connectivity index (χ1n) is 8.31. The van der Waals surface area contributed by atoms with E-state index in [0.29, 0.717) is 22.9 Å². The van der Waals surface area contributed by atoms with Crippen molar-refractivity contribution in [3.63, 3.8) is 0 Å². The monoisotopic (exact) mass is 367 g/mol. The number of nitrogens with zero attached hydrogens (tertiary/aromatic N) is 2. The predicted octanol–water partition coefficient (Wildman–Crippen LogP) is 4.67. The molecule has 3 rings (SSSR count). The Morgan fingerprint density at radius 3 is 2.73 bits per heavy atom. The van der Waals surface area contributed by atoms with Crippen LogP contribution in [0, 0.1) is 0 Å². The molecule has 0 aliphatic rings. The molecule has 0 bridgehead atoms. The predicted molar refractivity (Wildman–Crippen MR) is 104 cm³/mol. The number of pyridine rings is 1. The number of hydrogen-bond donors (Lipinski definition) is 1. The van der Waals surface area contributed by atoms with Crippen LogP contribution in [0.25, 0.3) is 0 Å². The maximum Gasteiger partial charge on any atom is 0.267 e. The minimum atomic E-state index is -0.164. The third kappa shape index (κ3) is 4.67. The van der Waals surface area contributed by atoms with Crippen molar-refractivity contribution in [2.24, 2.45) is 0 Å². The minimum Gasteiger partial charge on any atom is -0.489 e. The number of carbonyl (C=O) groups is 1. The van der Waals surface area contributed by atoms with E-state index in [2.05, 4.69) is 36.1 Å². The molecule has 1 aromatic carbocycles. The summed E-state index contributed by atoms with van der Waals surface area (Å²) in [6, 6.07) is 11.2. The van der Waals surface area contributed by atoms with Crippen molar-refractivity contribution in [2.45, 2.75) is 32.8 Å². The van der Waals surface area contributed by atoms with E-state index in [1.807, 2.05) is 30.3 Å². The largest absolute Gasteiger partial charge is 0.489 e. The maximum absolute atomic E-state index is 12.5. The van der Waals surface area contributed by atoms with Crippen molar-refractivity contribution < 1.29 is 9.53 Å². The molecular formula is C20H21N3O2S. The number of rotatable bonds is 5. The molecule has 3 aromatic rings. The van der Waals surface area contributed by atoms with Gasteiger partial charge in [-0.1, -0.05) is 32.9 Å². The minimum absolute atomic E-state index is 0.0662. The third-order valence-electron chi connectivity index (χ3n) is 3.59. The summed E-state index contributed by atoms with van der Waals surface area (Å²) in [5.41, 5.74) is 1.61. The summed E-state index contributed by atoms with van der Waals surface area (Å²) < 4.78 is 5.77. The summed E-state index contributed by atoms with van der Waals surface area (Å²) in [7, 11) is 0. The molecule has 0 saturated carbocycles. The average Bonchev–Trinajstić information content (AvgIpc) is 3.12. The molecule has 6 heteroatoms. The molecule has 1 N–H and O–H groups in total.